The van der Waals surface area contributed by atoms with E-state index in [0.717, 1.165) is 25.2 Å². The molecule has 0 aliphatic carbocycles. The Labute approximate surface area is 97.6 Å². The predicted molar refractivity (Wildman–Crippen MR) is 63.8 cm³/mol. The third-order valence-corrected chi connectivity index (χ3v) is 3.47. The van der Waals surface area contributed by atoms with Crippen LogP contribution in [-0.2, 0) is 0 Å². The summed E-state index contributed by atoms with van der Waals surface area (Å²) in [5.41, 5.74) is 1.08. The highest BCUT2D eigenvalue weighted by Gasteiger charge is 2.21. The Morgan fingerprint density at radius 1 is 1.53 bits per heavy atom. The number of nitrogens with one attached hydrogen (secondary N) is 1. The number of rotatable bonds is 2. The number of anilines is 1. The molecule has 82 valence electrons. The highest BCUT2D eigenvalue weighted by Crippen LogP contribution is 2.25. The maximum Gasteiger partial charge on any atom is 0.137 e. The molecule has 15 heavy (non-hydrogen) atoms. The third-order valence-electron chi connectivity index (χ3n) is 2.86. The molecule has 1 heterocycles. The van der Waals surface area contributed by atoms with Gasteiger partial charge in [0, 0.05) is 24.8 Å². The van der Waals surface area contributed by atoms with Crippen molar-refractivity contribution in [2.24, 2.45) is 0 Å². The number of nitrogens with zero attached hydrogens (tertiary/aromatic N) is 1. The van der Waals surface area contributed by atoms with Crippen molar-refractivity contribution in [1.29, 1.82) is 0 Å². The van der Waals surface area contributed by atoms with Crippen LogP contribution in [0.3, 0.4) is 0 Å². The summed E-state index contributed by atoms with van der Waals surface area (Å²) in [6, 6.07) is 5.73. The molecule has 1 aliphatic rings. The number of likely N-dealkylation sites (N-methyl/N-ethyl adjacent to an activating group) is 1. The zero-order chi connectivity index (χ0) is 10.8. The molecular formula is C11H14BrFN2. The van der Waals surface area contributed by atoms with Gasteiger partial charge in [0.2, 0.25) is 0 Å². The van der Waals surface area contributed by atoms with Gasteiger partial charge in [0.05, 0.1) is 4.47 Å². The van der Waals surface area contributed by atoms with E-state index >= 15 is 0 Å². The van der Waals surface area contributed by atoms with Crippen LogP contribution in [0.2, 0.25) is 0 Å². The number of hydrogen-bond donors (Lipinski definition) is 1. The smallest absolute Gasteiger partial charge is 0.137 e. The summed E-state index contributed by atoms with van der Waals surface area (Å²) < 4.78 is 13.6. The minimum Gasteiger partial charge on any atom is -0.370 e. The van der Waals surface area contributed by atoms with Gasteiger partial charge in [-0.15, -0.1) is 0 Å². The summed E-state index contributed by atoms with van der Waals surface area (Å²) in [6.07, 6.45) is 1.14. The first-order chi connectivity index (χ1) is 7.20. The first kappa shape index (κ1) is 10.9. The Hall–Kier alpha value is -0.610. The van der Waals surface area contributed by atoms with E-state index < -0.39 is 0 Å². The molecular weight excluding hydrogens is 259 g/mol. The maximum atomic E-state index is 13.1. The molecule has 1 aromatic carbocycles. The number of halogens is 2. The van der Waals surface area contributed by atoms with Crippen molar-refractivity contribution in [3.63, 3.8) is 0 Å². The molecule has 0 amide bonds. The molecule has 1 aromatic rings. The topological polar surface area (TPSA) is 15.3 Å². The fraction of sp³-hybridized carbons (Fsp3) is 0.455. The van der Waals surface area contributed by atoms with Crippen LogP contribution in [0.25, 0.3) is 0 Å². The Morgan fingerprint density at radius 3 is 2.93 bits per heavy atom. The summed E-state index contributed by atoms with van der Waals surface area (Å²) in [5, 5.41) is 3.26. The average molecular weight is 273 g/mol. The predicted octanol–water partition coefficient (Wildman–Crippen LogP) is 2.39. The molecule has 0 bridgehead atoms. The molecule has 0 radical (unpaired) electrons. The minimum absolute atomic E-state index is 0.205. The summed E-state index contributed by atoms with van der Waals surface area (Å²) in [6.45, 7) is 2.03. The first-order valence-corrected chi connectivity index (χ1v) is 5.87. The monoisotopic (exact) mass is 272 g/mol. The van der Waals surface area contributed by atoms with Crippen LogP contribution in [0.5, 0.6) is 0 Å². The fourth-order valence-electron chi connectivity index (χ4n) is 1.91. The molecule has 2 rings (SSSR count). The largest absolute Gasteiger partial charge is 0.370 e. The summed E-state index contributed by atoms with van der Waals surface area (Å²) in [7, 11) is 1.98. The van der Waals surface area contributed by atoms with Gasteiger partial charge in [0.1, 0.15) is 5.82 Å². The van der Waals surface area contributed by atoms with E-state index in [1.54, 1.807) is 0 Å². The summed E-state index contributed by atoms with van der Waals surface area (Å²) in [5.74, 6) is -0.205. The van der Waals surface area contributed by atoms with Gasteiger partial charge >= 0.3 is 0 Å². The van der Waals surface area contributed by atoms with Crippen molar-refractivity contribution < 1.29 is 4.39 Å². The van der Waals surface area contributed by atoms with Gasteiger partial charge in [-0.25, -0.2) is 4.39 Å². The summed E-state index contributed by atoms with van der Waals surface area (Å²) in [4.78, 5) is 2.27. The molecule has 1 saturated heterocycles. The lowest BCUT2D eigenvalue weighted by Gasteiger charge is -2.18. The zero-order valence-corrected chi connectivity index (χ0v) is 10.2. The average Bonchev–Trinajstić information content (AvgIpc) is 2.70. The van der Waals surface area contributed by atoms with Crippen molar-refractivity contribution in [1.82, 2.24) is 5.32 Å². The van der Waals surface area contributed by atoms with Gasteiger partial charge < -0.3 is 10.2 Å². The molecule has 1 N–H and O–H groups in total. The van der Waals surface area contributed by atoms with Crippen molar-refractivity contribution in [3.8, 4) is 0 Å². The Balaban J connectivity index is 2.13. The van der Waals surface area contributed by atoms with Crippen LogP contribution in [-0.4, -0.2) is 26.2 Å². The summed E-state index contributed by atoms with van der Waals surface area (Å²) >= 11 is 3.21. The van der Waals surface area contributed by atoms with Crippen LogP contribution in [0.4, 0.5) is 10.1 Å². The van der Waals surface area contributed by atoms with E-state index in [9.17, 15) is 4.39 Å². The second kappa shape index (κ2) is 4.49. The minimum atomic E-state index is -0.205. The first-order valence-electron chi connectivity index (χ1n) is 5.08. The lowest BCUT2D eigenvalue weighted by Crippen LogP contribution is -2.29. The van der Waals surface area contributed by atoms with Gasteiger partial charge in [-0.3, -0.25) is 0 Å². The quantitative estimate of drug-likeness (QED) is 0.890. The van der Waals surface area contributed by atoms with Gasteiger partial charge in [-0.1, -0.05) is 0 Å². The van der Waals surface area contributed by atoms with Crippen molar-refractivity contribution in [3.05, 3.63) is 28.5 Å². The van der Waals surface area contributed by atoms with E-state index in [-0.39, 0.29) is 5.82 Å². The molecule has 0 spiro atoms. The molecule has 1 aliphatic heterocycles. The van der Waals surface area contributed by atoms with Crippen LogP contribution in [0.15, 0.2) is 22.7 Å². The van der Waals surface area contributed by atoms with E-state index in [2.05, 4.69) is 26.1 Å². The molecule has 1 atom stereocenters. The molecule has 1 unspecified atom stereocenters. The van der Waals surface area contributed by atoms with Crippen LogP contribution >= 0.6 is 15.9 Å². The standard InChI is InChI=1S/C11H14BrFN2/c1-14-8-4-5-15(7-8)9-2-3-11(13)10(12)6-9/h2-3,6,8,14H,4-5,7H2,1H3. The lowest BCUT2D eigenvalue weighted by atomic mass is 10.3. The van der Waals surface area contributed by atoms with Crippen LogP contribution in [0.1, 0.15) is 6.42 Å². The SMILES string of the molecule is CNC1CCN(c2ccc(F)c(Br)c2)C1. The van der Waals surface area contributed by atoms with Gasteiger partial charge in [0.25, 0.3) is 0 Å². The molecule has 0 aromatic heterocycles. The molecule has 4 heteroatoms. The third kappa shape index (κ3) is 2.32. The molecule has 1 fully saturated rings. The highest BCUT2D eigenvalue weighted by atomic mass is 79.9. The number of hydrogen-bond acceptors (Lipinski definition) is 2. The van der Waals surface area contributed by atoms with Crippen molar-refractivity contribution >= 4 is 21.6 Å². The normalized spacial score (nSPS) is 21.0. The van der Waals surface area contributed by atoms with Crippen LogP contribution < -0.4 is 10.2 Å². The Kier molecular flexibility index (Phi) is 3.26. The fourth-order valence-corrected chi connectivity index (χ4v) is 2.28. The van der Waals surface area contributed by atoms with Crippen LogP contribution in [0, 0.1) is 5.82 Å². The maximum absolute atomic E-state index is 13.1. The zero-order valence-electron chi connectivity index (χ0n) is 8.63. The Bertz CT molecular complexity index is 356. The van der Waals surface area contributed by atoms with Crippen molar-refractivity contribution in [2.75, 3.05) is 25.0 Å². The lowest BCUT2D eigenvalue weighted by molar-refractivity contribution is 0.615. The second-order valence-electron chi connectivity index (χ2n) is 3.82. The second-order valence-corrected chi connectivity index (χ2v) is 4.67. The van der Waals surface area contributed by atoms with E-state index in [1.807, 2.05) is 19.2 Å². The van der Waals surface area contributed by atoms with Crippen molar-refractivity contribution in [2.45, 2.75) is 12.5 Å². The highest BCUT2D eigenvalue weighted by molar-refractivity contribution is 9.10. The Morgan fingerprint density at radius 2 is 2.33 bits per heavy atom. The van der Waals surface area contributed by atoms with Gasteiger partial charge in [-0.2, -0.15) is 0 Å². The van der Waals surface area contributed by atoms with E-state index in [4.69, 9.17) is 0 Å². The van der Waals surface area contributed by atoms with Gasteiger partial charge in [-0.05, 0) is 47.6 Å². The van der Waals surface area contributed by atoms with E-state index in [1.165, 1.54) is 6.07 Å². The molecule has 2 nitrogen and oxygen atoms in total. The van der Waals surface area contributed by atoms with E-state index in [0.29, 0.717) is 10.5 Å². The van der Waals surface area contributed by atoms with Gasteiger partial charge in [0.15, 0.2) is 0 Å². The number of benzene rings is 1. The molecule has 0 saturated carbocycles.